The molecular formula is C14H18N2O. The summed E-state index contributed by atoms with van der Waals surface area (Å²) in [5, 5.41) is 0. The first-order chi connectivity index (χ1) is 8.38. The highest BCUT2D eigenvalue weighted by atomic mass is 16.1. The maximum absolute atomic E-state index is 11.0. The van der Waals surface area contributed by atoms with Crippen LogP contribution in [0.25, 0.3) is 0 Å². The van der Waals surface area contributed by atoms with Crippen molar-refractivity contribution < 1.29 is 4.79 Å². The number of aldehydes is 1. The number of benzene rings is 1. The van der Waals surface area contributed by atoms with Gasteiger partial charge in [-0.1, -0.05) is 18.2 Å². The van der Waals surface area contributed by atoms with Gasteiger partial charge in [0, 0.05) is 12.5 Å². The van der Waals surface area contributed by atoms with Crippen molar-refractivity contribution in [2.24, 2.45) is 5.92 Å². The molecular weight excluding hydrogens is 212 g/mol. The number of nitrogens with one attached hydrogen (secondary N) is 2. The minimum absolute atomic E-state index is 0.0524. The highest BCUT2D eigenvalue weighted by molar-refractivity contribution is 5.57. The largest absolute Gasteiger partial charge is 0.303 e. The quantitative estimate of drug-likeness (QED) is 0.757. The van der Waals surface area contributed by atoms with Gasteiger partial charge < -0.3 is 4.79 Å². The first-order valence-electron chi connectivity index (χ1n) is 6.44. The van der Waals surface area contributed by atoms with Crippen molar-refractivity contribution in [1.29, 1.82) is 0 Å². The van der Waals surface area contributed by atoms with Crippen molar-refractivity contribution in [2.75, 3.05) is 6.54 Å². The van der Waals surface area contributed by atoms with E-state index in [9.17, 15) is 4.79 Å². The molecule has 1 aliphatic heterocycles. The molecule has 0 aromatic heterocycles. The van der Waals surface area contributed by atoms with Crippen molar-refractivity contribution in [1.82, 2.24) is 10.9 Å². The zero-order valence-corrected chi connectivity index (χ0v) is 9.91. The van der Waals surface area contributed by atoms with Gasteiger partial charge in [0.25, 0.3) is 0 Å². The summed E-state index contributed by atoms with van der Waals surface area (Å²) in [5.74, 6) is 0.0524. The van der Waals surface area contributed by atoms with Crippen molar-refractivity contribution in [2.45, 2.75) is 31.7 Å². The number of rotatable bonds is 2. The maximum atomic E-state index is 11.0. The highest BCUT2D eigenvalue weighted by Crippen LogP contribution is 2.28. The second-order valence-electron chi connectivity index (χ2n) is 5.04. The van der Waals surface area contributed by atoms with Crippen LogP contribution >= 0.6 is 0 Å². The van der Waals surface area contributed by atoms with Crippen molar-refractivity contribution in [3.63, 3.8) is 0 Å². The summed E-state index contributed by atoms with van der Waals surface area (Å²) in [5.41, 5.74) is 10.5. The summed E-state index contributed by atoms with van der Waals surface area (Å²) in [6, 6.07) is 6.84. The lowest BCUT2D eigenvalue weighted by molar-refractivity contribution is -0.111. The van der Waals surface area contributed by atoms with E-state index in [1.54, 1.807) is 0 Å². The summed E-state index contributed by atoms with van der Waals surface area (Å²) in [6.07, 6.45) is 6.06. The minimum atomic E-state index is 0.0524. The van der Waals surface area contributed by atoms with E-state index in [4.69, 9.17) is 0 Å². The second-order valence-corrected chi connectivity index (χ2v) is 5.04. The molecule has 2 aliphatic rings. The van der Waals surface area contributed by atoms with Crippen LogP contribution in [0.3, 0.4) is 0 Å². The number of carbonyl (C=O) groups is 1. The number of carbonyl (C=O) groups excluding carboxylic acids is 1. The molecule has 1 fully saturated rings. The molecule has 0 saturated carbocycles. The van der Waals surface area contributed by atoms with Gasteiger partial charge in [-0.25, -0.2) is 5.43 Å². The molecule has 1 heterocycles. The van der Waals surface area contributed by atoms with Crippen LogP contribution < -0.4 is 10.9 Å². The summed E-state index contributed by atoms with van der Waals surface area (Å²) >= 11 is 0. The molecule has 0 amide bonds. The minimum Gasteiger partial charge on any atom is -0.303 e. The molecule has 0 spiro atoms. The SMILES string of the molecule is O=CC1CNNC1c1ccc2c(c1)CCCC2. The Hall–Kier alpha value is -1.19. The summed E-state index contributed by atoms with van der Waals surface area (Å²) in [6.45, 7) is 0.727. The molecule has 3 heteroatoms. The molecule has 0 radical (unpaired) electrons. The number of fused-ring (bicyclic) bond motifs is 1. The third-order valence-corrected chi connectivity index (χ3v) is 3.93. The van der Waals surface area contributed by atoms with Gasteiger partial charge in [-0.05, 0) is 42.4 Å². The van der Waals surface area contributed by atoms with Crippen LogP contribution in [0, 0.1) is 5.92 Å². The van der Waals surface area contributed by atoms with Crippen molar-refractivity contribution in [3.8, 4) is 0 Å². The van der Waals surface area contributed by atoms with Crippen LogP contribution in [0.4, 0.5) is 0 Å². The molecule has 2 atom stereocenters. The van der Waals surface area contributed by atoms with Gasteiger partial charge >= 0.3 is 0 Å². The van der Waals surface area contributed by atoms with E-state index in [1.807, 2.05) is 0 Å². The van der Waals surface area contributed by atoms with E-state index in [0.717, 1.165) is 12.8 Å². The average Bonchev–Trinajstić information content (AvgIpc) is 2.86. The van der Waals surface area contributed by atoms with E-state index in [1.165, 1.54) is 42.4 Å². The van der Waals surface area contributed by atoms with Gasteiger partial charge in [-0.3, -0.25) is 5.43 Å². The molecule has 1 aliphatic carbocycles. The average molecular weight is 230 g/mol. The molecule has 1 aromatic carbocycles. The van der Waals surface area contributed by atoms with Crippen LogP contribution in [0.2, 0.25) is 0 Å². The first-order valence-corrected chi connectivity index (χ1v) is 6.44. The van der Waals surface area contributed by atoms with Crippen molar-refractivity contribution >= 4 is 6.29 Å². The third kappa shape index (κ3) is 2.01. The normalized spacial score (nSPS) is 27.8. The Morgan fingerprint density at radius 2 is 2.00 bits per heavy atom. The molecule has 3 rings (SSSR count). The zero-order chi connectivity index (χ0) is 11.7. The van der Waals surface area contributed by atoms with E-state index >= 15 is 0 Å². The molecule has 2 N–H and O–H groups in total. The van der Waals surface area contributed by atoms with Gasteiger partial charge in [0.05, 0.1) is 6.04 Å². The van der Waals surface area contributed by atoms with Gasteiger partial charge in [0.2, 0.25) is 0 Å². The van der Waals surface area contributed by atoms with Crippen LogP contribution in [0.1, 0.15) is 35.6 Å². The standard InChI is InChI=1S/C14H18N2O/c17-9-13-8-15-16-14(13)12-6-5-10-3-1-2-4-11(10)7-12/h5-7,9,13-16H,1-4,8H2. The zero-order valence-electron chi connectivity index (χ0n) is 9.91. The van der Waals surface area contributed by atoms with Crippen LogP contribution in [0.5, 0.6) is 0 Å². The molecule has 1 saturated heterocycles. The number of aryl methyl sites for hydroxylation is 2. The van der Waals surface area contributed by atoms with E-state index in [2.05, 4.69) is 29.1 Å². The summed E-state index contributed by atoms with van der Waals surface area (Å²) in [4.78, 5) is 11.0. The highest BCUT2D eigenvalue weighted by Gasteiger charge is 2.28. The predicted octanol–water partition coefficient (Wildman–Crippen LogP) is 1.53. The Morgan fingerprint density at radius 3 is 2.82 bits per heavy atom. The topological polar surface area (TPSA) is 41.1 Å². The predicted molar refractivity (Wildman–Crippen MR) is 66.5 cm³/mol. The number of hydrogen-bond acceptors (Lipinski definition) is 3. The summed E-state index contributed by atoms with van der Waals surface area (Å²) in [7, 11) is 0. The molecule has 1 aromatic rings. The molecule has 2 unspecified atom stereocenters. The van der Waals surface area contributed by atoms with Gasteiger partial charge in [-0.2, -0.15) is 0 Å². The second kappa shape index (κ2) is 4.59. The lowest BCUT2D eigenvalue weighted by Crippen LogP contribution is -2.25. The molecule has 0 bridgehead atoms. The van der Waals surface area contributed by atoms with E-state index in [-0.39, 0.29) is 12.0 Å². The Morgan fingerprint density at radius 1 is 1.18 bits per heavy atom. The van der Waals surface area contributed by atoms with Gasteiger partial charge in [0.15, 0.2) is 0 Å². The van der Waals surface area contributed by atoms with Crippen LogP contribution in [-0.2, 0) is 17.6 Å². The van der Waals surface area contributed by atoms with Crippen LogP contribution in [0.15, 0.2) is 18.2 Å². The lowest BCUT2D eigenvalue weighted by Gasteiger charge is -2.20. The monoisotopic (exact) mass is 230 g/mol. The summed E-state index contributed by atoms with van der Waals surface area (Å²) < 4.78 is 0. The first kappa shape index (κ1) is 10.9. The number of hydrogen-bond donors (Lipinski definition) is 2. The fourth-order valence-electron chi connectivity index (χ4n) is 2.92. The molecule has 90 valence electrons. The Bertz CT molecular complexity index is 430. The lowest BCUT2D eigenvalue weighted by atomic mass is 9.87. The van der Waals surface area contributed by atoms with Crippen LogP contribution in [-0.4, -0.2) is 12.8 Å². The molecule has 3 nitrogen and oxygen atoms in total. The number of hydrazine groups is 1. The van der Waals surface area contributed by atoms with Gasteiger partial charge in [0.1, 0.15) is 6.29 Å². The Balaban J connectivity index is 1.90. The third-order valence-electron chi connectivity index (χ3n) is 3.93. The van der Waals surface area contributed by atoms with E-state index < -0.39 is 0 Å². The van der Waals surface area contributed by atoms with E-state index in [0.29, 0.717) is 0 Å². The Kier molecular flexibility index (Phi) is 2.95. The maximum Gasteiger partial charge on any atom is 0.126 e. The Labute approximate surface area is 102 Å². The molecule has 17 heavy (non-hydrogen) atoms. The van der Waals surface area contributed by atoms with Gasteiger partial charge in [-0.15, -0.1) is 0 Å². The fourth-order valence-corrected chi connectivity index (χ4v) is 2.92. The fraction of sp³-hybridized carbons (Fsp3) is 0.500. The smallest absolute Gasteiger partial charge is 0.126 e. The van der Waals surface area contributed by atoms with Crippen molar-refractivity contribution in [3.05, 3.63) is 34.9 Å².